The number of carbonyl (C=O) groups is 1. The van der Waals surface area contributed by atoms with Gasteiger partial charge in [-0.15, -0.1) is 0 Å². The van der Waals surface area contributed by atoms with Crippen molar-refractivity contribution in [3.63, 3.8) is 0 Å². The van der Waals surface area contributed by atoms with Crippen molar-refractivity contribution in [1.82, 2.24) is 14.7 Å². The minimum absolute atomic E-state index is 0.0371. The average molecular weight is 484 g/mol. The number of benzene rings is 2. The molecule has 1 saturated heterocycles. The fourth-order valence-electron chi connectivity index (χ4n) is 5.26. The lowest BCUT2D eigenvalue weighted by Crippen LogP contribution is -2.55. The van der Waals surface area contributed by atoms with Crippen LogP contribution in [0.3, 0.4) is 0 Å². The van der Waals surface area contributed by atoms with E-state index in [-0.39, 0.29) is 17.8 Å². The highest BCUT2D eigenvalue weighted by Crippen LogP contribution is 2.25. The molecule has 0 aliphatic carbocycles. The summed E-state index contributed by atoms with van der Waals surface area (Å²) >= 11 is -2.06. The van der Waals surface area contributed by atoms with Gasteiger partial charge in [0.1, 0.15) is 0 Å². The van der Waals surface area contributed by atoms with Crippen LogP contribution in [0, 0.1) is 0 Å². The number of aliphatic hydroxyl groups is 1. The summed E-state index contributed by atoms with van der Waals surface area (Å²) in [6, 6.07) is 14.5. The first-order valence-corrected chi connectivity index (χ1v) is 13.1. The van der Waals surface area contributed by atoms with E-state index in [9.17, 15) is 18.7 Å². The number of hydrogen-bond donors (Lipinski definition) is 2. The number of aliphatic hydroxyl groups excluding tert-OH is 1. The minimum Gasteiger partial charge on any atom is -0.771 e. The van der Waals surface area contributed by atoms with Crippen LogP contribution in [0.1, 0.15) is 27.0 Å². The molecule has 3 aliphatic heterocycles. The number of fused-ring (bicyclic) bond motifs is 2. The number of likely N-dealkylation sites (tertiary alicyclic amines) is 1. The topological polar surface area (TPSA) is 99.2 Å². The van der Waals surface area contributed by atoms with Gasteiger partial charge in [-0.3, -0.25) is 18.8 Å². The maximum atomic E-state index is 13.2. The third-order valence-corrected chi connectivity index (χ3v) is 7.58. The van der Waals surface area contributed by atoms with Crippen molar-refractivity contribution in [2.75, 3.05) is 50.5 Å². The molecule has 0 saturated carbocycles. The van der Waals surface area contributed by atoms with Crippen molar-refractivity contribution in [3.8, 4) is 0 Å². The Kier molecular flexibility index (Phi) is 6.99. The van der Waals surface area contributed by atoms with E-state index in [1.54, 1.807) is 4.90 Å². The lowest BCUT2D eigenvalue weighted by atomic mass is 9.97. The lowest BCUT2D eigenvalue weighted by molar-refractivity contribution is 0.0493. The van der Waals surface area contributed by atoms with E-state index in [1.807, 2.05) is 23.1 Å². The monoisotopic (exact) mass is 483 g/mol. The number of carbonyl (C=O) groups excluding carboxylic acids is 1. The molecule has 9 heteroatoms. The second-order valence-corrected chi connectivity index (χ2v) is 10.5. The number of rotatable bonds is 8. The van der Waals surface area contributed by atoms with Crippen LogP contribution in [0.5, 0.6) is 0 Å². The molecule has 2 aromatic rings. The molecule has 0 radical (unpaired) electrons. The second kappa shape index (κ2) is 10.1. The molecule has 3 aliphatic rings. The Hall–Kier alpha value is -2.30. The maximum Gasteiger partial charge on any atom is 0.254 e. The first-order chi connectivity index (χ1) is 16.4. The molecular weight excluding hydrogens is 452 g/mol. The highest BCUT2D eigenvalue weighted by molar-refractivity contribution is 7.79. The Morgan fingerprint density at radius 1 is 1.03 bits per heavy atom. The van der Waals surface area contributed by atoms with Crippen LogP contribution < -0.4 is 5.32 Å². The van der Waals surface area contributed by atoms with Gasteiger partial charge in [0.2, 0.25) is 0 Å². The van der Waals surface area contributed by atoms with Crippen molar-refractivity contribution in [2.45, 2.75) is 31.5 Å². The average Bonchev–Trinajstić information content (AvgIpc) is 2.79. The van der Waals surface area contributed by atoms with Crippen LogP contribution in [0.2, 0.25) is 0 Å². The van der Waals surface area contributed by atoms with E-state index in [2.05, 4.69) is 34.5 Å². The quantitative estimate of drug-likeness (QED) is 0.541. The first-order valence-electron chi connectivity index (χ1n) is 11.9. The molecule has 2 aromatic carbocycles. The standard InChI is InChI=1S/C25H32N4O4S/c30-23(15-27-9-7-18-3-1-2-4-20(18)12-27)16-29-10-8-19-5-6-21(11-24(19)25(29)31)26-22-13-28(14-22)17-34(32)33/h1-6,11,22-23,26,30H,7-10,12-17H2,(H,32,33)/p-1/t23-/m0/s1. The molecule has 3 heterocycles. The summed E-state index contributed by atoms with van der Waals surface area (Å²) in [6.07, 6.45) is 1.17. The van der Waals surface area contributed by atoms with Gasteiger partial charge in [0.25, 0.3) is 5.91 Å². The predicted molar refractivity (Wildman–Crippen MR) is 130 cm³/mol. The van der Waals surface area contributed by atoms with Gasteiger partial charge in [-0.1, -0.05) is 30.3 Å². The molecule has 34 heavy (non-hydrogen) atoms. The van der Waals surface area contributed by atoms with Crippen molar-refractivity contribution < 1.29 is 18.7 Å². The van der Waals surface area contributed by atoms with E-state index >= 15 is 0 Å². The molecule has 0 aromatic heterocycles. The van der Waals surface area contributed by atoms with Crippen LogP contribution in [-0.2, 0) is 30.5 Å². The van der Waals surface area contributed by atoms with Gasteiger partial charge in [0, 0.05) is 57.1 Å². The van der Waals surface area contributed by atoms with E-state index in [4.69, 9.17) is 0 Å². The summed E-state index contributed by atoms with van der Waals surface area (Å²) in [6.45, 7) is 4.58. The molecule has 0 spiro atoms. The zero-order chi connectivity index (χ0) is 23.7. The first kappa shape index (κ1) is 23.4. The van der Waals surface area contributed by atoms with Gasteiger partial charge < -0.3 is 19.9 Å². The van der Waals surface area contributed by atoms with Gasteiger partial charge in [0.15, 0.2) is 0 Å². The number of nitrogens with one attached hydrogen (secondary N) is 1. The Morgan fingerprint density at radius 3 is 2.59 bits per heavy atom. The number of β-amino-alcohol motifs (C(OH)–C–C–N with tert-alkyl or cyclic N) is 1. The van der Waals surface area contributed by atoms with Gasteiger partial charge in [-0.05, 0) is 52.7 Å². The predicted octanol–water partition coefficient (Wildman–Crippen LogP) is 1.04. The number of nitrogens with zero attached hydrogens (tertiary/aromatic N) is 3. The van der Waals surface area contributed by atoms with Crippen molar-refractivity contribution >= 4 is 22.7 Å². The molecule has 8 nitrogen and oxygen atoms in total. The molecule has 1 amide bonds. The Morgan fingerprint density at radius 2 is 1.79 bits per heavy atom. The number of amides is 1. The van der Waals surface area contributed by atoms with E-state index < -0.39 is 17.2 Å². The molecule has 2 N–H and O–H groups in total. The molecule has 182 valence electrons. The summed E-state index contributed by atoms with van der Waals surface area (Å²) in [5, 5.41) is 14.2. The molecule has 1 unspecified atom stereocenters. The third-order valence-electron chi connectivity index (χ3n) is 7.00. The molecule has 1 fully saturated rings. The number of anilines is 1. The third kappa shape index (κ3) is 5.34. The van der Waals surface area contributed by atoms with Gasteiger partial charge in [-0.25, -0.2) is 0 Å². The lowest BCUT2D eigenvalue weighted by Gasteiger charge is -2.40. The van der Waals surface area contributed by atoms with Gasteiger partial charge in [0.05, 0.1) is 18.0 Å². The minimum atomic E-state index is -2.06. The molecular formula is C25H31N4O4S-. The van der Waals surface area contributed by atoms with E-state index in [0.717, 1.165) is 37.2 Å². The van der Waals surface area contributed by atoms with E-state index in [1.165, 1.54) is 11.1 Å². The van der Waals surface area contributed by atoms with Crippen LogP contribution in [0.4, 0.5) is 5.69 Å². The van der Waals surface area contributed by atoms with Crippen LogP contribution in [0.25, 0.3) is 0 Å². The highest BCUT2D eigenvalue weighted by atomic mass is 32.2. The summed E-state index contributed by atoms with van der Waals surface area (Å²) < 4.78 is 21.6. The molecule has 5 rings (SSSR count). The van der Waals surface area contributed by atoms with Crippen LogP contribution in [-0.4, -0.2) is 91.8 Å². The van der Waals surface area contributed by atoms with Gasteiger partial charge >= 0.3 is 0 Å². The Bertz CT molecular complexity index is 1070. The van der Waals surface area contributed by atoms with Gasteiger partial charge in [-0.2, -0.15) is 0 Å². The van der Waals surface area contributed by atoms with Crippen LogP contribution >= 0.6 is 0 Å². The smallest absolute Gasteiger partial charge is 0.254 e. The second-order valence-electron chi connectivity index (χ2n) is 9.59. The fourth-order valence-corrected chi connectivity index (χ4v) is 5.77. The largest absolute Gasteiger partial charge is 0.771 e. The molecule has 0 bridgehead atoms. The highest BCUT2D eigenvalue weighted by Gasteiger charge is 2.29. The Balaban J connectivity index is 1.15. The molecule has 2 atom stereocenters. The maximum absolute atomic E-state index is 13.2. The summed E-state index contributed by atoms with van der Waals surface area (Å²) in [7, 11) is 0. The summed E-state index contributed by atoms with van der Waals surface area (Å²) in [4.78, 5) is 19.1. The van der Waals surface area contributed by atoms with Crippen molar-refractivity contribution in [1.29, 1.82) is 0 Å². The van der Waals surface area contributed by atoms with Crippen LogP contribution in [0.15, 0.2) is 42.5 Å². The summed E-state index contributed by atoms with van der Waals surface area (Å²) in [5.41, 5.74) is 5.29. The van der Waals surface area contributed by atoms with Crippen molar-refractivity contribution in [2.24, 2.45) is 0 Å². The number of hydrogen-bond acceptors (Lipinski definition) is 7. The SMILES string of the molecule is O=C1c2cc(NC3CN(CS(=O)[O-])C3)ccc2CCN1C[C@@H](O)CN1CCc2ccccc2C1. The van der Waals surface area contributed by atoms with E-state index in [0.29, 0.717) is 38.3 Å². The Labute approximate surface area is 202 Å². The zero-order valence-electron chi connectivity index (χ0n) is 19.2. The normalized spacial score (nSPS) is 20.9. The fraction of sp³-hybridized carbons (Fsp3) is 0.480. The van der Waals surface area contributed by atoms with Crippen molar-refractivity contribution in [3.05, 3.63) is 64.7 Å². The zero-order valence-corrected chi connectivity index (χ0v) is 20.0. The summed E-state index contributed by atoms with van der Waals surface area (Å²) in [5.74, 6) is 0.0205.